The maximum absolute atomic E-state index is 11.8. The van der Waals surface area contributed by atoms with Crippen LogP contribution in [0.3, 0.4) is 0 Å². The molecule has 1 N–H and O–H groups in total. The Kier molecular flexibility index (Phi) is 4.35. The second-order valence-electron chi connectivity index (χ2n) is 3.63. The summed E-state index contributed by atoms with van der Waals surface area (Å²) in [6.45, 7) is 4.21. The zero-order chi connectivity index (χ0) is 11.3. The second kappa shape index (κ2) is 5.54. The van der Waals surface area contributed by atoms with Gasteiger partial charge in [-0.3, -0.25) is 4.79 Å². The van der Waals surface area contributed by atoms with E-state index in [0.717, 1.165) is 36.0 Å². The zero-order valence-corrected chi connectivity index (χ0v) is 9.76. The molecule has 0 saturated carbocycles. The van der Waals surface area contributed by atoms with Crippen molar-refractivity contribution in [3.63, 3.8) is 0 Å². The van der Waals surface area contributed by atoms with Gasteiger partial charge in [0.25, 0.3) is 5.91 Å². The van der Waals surface area contributed by atoms with Gasteiger partial charge in [0, 0.05) is 12.6 Å². The van der Waals surface area contributed by atoms with Crippen LogP contribution >= 0.6 is 0 Å². The lowest BCUT2D eigenvalue weighted by molar-refractivity contribution is 0.0961. The van der Waals surface area contributed by atoms with Crippen molar-refractivity contribution in [2.45, 2.75) is 33.1 Å². The van der Waals surface area contributed by atoms with Crippen LogP contribution in [0.4, 0.5) is 0 Å². The summed E-state index contributed by atoms with van der Waals surface area (Å²) in [6.07, 6.45) is 2.94. The van der Waals surface area contributed by atoms with E-state index in [9.17, 15) is 4.79 Å². The molecule has 0 radical (unpaired) electrons. The van der Waals surface area contributed by atoms with Crippen LogP contribution in [0.1, 0.15) is 41.8 Å². The van der Waals surface area contributed by atoms with Crippen LogP contribution in [0.25, 0.3) is 0 Å². The highest BCUT2D eigenvalue weighted by Crippen LogP contribution is 2.17. The molecule has 0 fully saturated rings. The quantitative estimate of drug-likeness (QED) is 0.804. The Hall–Kier alpha value is -1.31. The SMILES string of the molecule is CCCc1cccc(CC)c1C(=O)NC. The van der Waals surface area contributed by atoms with E-state index >= 15 is 0 Å². The normalized spacial score (nSPS) is 10.1. The largest absolute Gasteiger partial charge is 0.355 e. The molecule has 0 aliphatic heterocycles. The van der Waals surface area contributed by atoms with E-state index in [0.29, 0.717) is 0 Å². The monoisotopic (exact) mass is 205 g/mol. The van der Waals surface area contributed by atoms with Crippen LogP contribution in [-0.4, -0.2) is 13.0 Å². The van der Waals surface area contributed by atoms with E-state index in [1.54, 1.807) is 7.05 Å². The Morgan fingerprint density at radius 1 is 1.27 bits per heavy atom. The Labute approximate surface area is 91.7 Å². The van der Waals surface area contributed by atoms with Gasteiger partial charge in [0.05, 0.1) is 0 Å². The second-order valence-corrected chi connectivity index (χ2v) is 3.63. The number of hydrogen-bond acceptors (Lipinski definition) is 1. The zero-order valence-electron chi connectivity index (χ0n) is 9.76. The molecule has 1 aromatic carbocycles. The first-order valence-corrected chi connectivity index (χ1v) is 5.57. The number of carbonyl (C=O) groups is 1. The summed E-state index contributed by atoms with van der Waals surface area (Å²) < 4.78 is 0. The molecule has 1 rings (SSSR count). The average Bonchev–Trinajstić information content (AvgIpc) is 2.28. The highest BCUT2D eigenvalue weighted by atomic mass is 16.1. The number of hydrogen-bond donors (Lipinski definition) is 1. The summed E-state index contributed by atoms with van der Waals surface area (Å²) in [4.78, 5) is 11.8. The summed E-state index contributed by atoms with van der Waals surface area (Å²) in [5.74, 6) is 0.0379. The fourth-order valence-electron chi connectivity index (χ4n) is 1.84. The van der Waals surface area contributed by atoms with Crippen molar-refractivity contribution >= 4 is 5.91 Å². The predicted molar refractivity (Wildman–Crippen MR) is 63.2 cm³/mol. The molecule has 0 unspecified atom stereocenters. The van der Waals surface area contributed by atoms with Crippen LogP contribution in [0.2, 0.25) is 0 Å². The highest BCUT2D eigenvalue weighted by Gasteiger charge is 2.12. The molecule has 1 amide bonds. The lowest BCUT2D eigenvalue weighted by Crippen LogP contribution is -2.21. The number of nitrogens with one attached hydrogen (secondary N) is 1. The molecule has 0 aliphatic carbocycles. The number of rotatable bonds is 4. The third-order valence-electron chi connectivity index (χ3n) is 2.59. The minimum atomic E-state index is 0.0379. The van der Waals surface area contributed by atoms with Gasteiger partial charge in [-0.2, -0.15) is 0 Å². The van der Waals surface area contributed by atoms with Crippen LogP contribution in [-0.2, 0) is 12.8 Å². The van der Waals surface area contributed by atoms with E-state index in [1.165, 1.54) is 0 Å². The van der Waals surface area contributed by atoms with Crippen molar-refractivity contribution < 1.29 is 4.79 Å². The van der Waals surface area contributed by atoms with E-state index in [1.807, 2.05) is 18.2 Å². The number of amides is 1. The van der Waals surface area contributed by atoms with Gasteiger partial charge in [0.1, 0.15) is 0 Å². The van der Waals surface area contributed by atoms with Crippen molar-refractivity contribution in [3.8, 4) is 0 Å². The van der Waals surface area contributed by atoms with E-state index in [-0.39, 0.29) is 5.91 Å². The van der Waals surface area contributed by atoms with Gasteiger partial charge in [-0.15, -0.1) is 0 Å². The molecular formula is C13H19NO. The number of carbonyl (C=O) groups excluding carboxylic acids is 1. The Balaban J connectivity index is 3.20. The Morgan fingerprint density at radius 2 is 1.93 bits per heavy atom. The van der Waals surface area contributed by atoms with Crippen LogP contribution in [0.15, 0.2) is 18.2 Å². The molecule has 2 nitrogen and oxygen atoms in total. The van der Waals surface area contributed by atoms with Gasteiger partial charge >= 0.3 is 0 Å². The summed E-state index contributed by atoms with van der Waals surface area (Å²) in [6, 6.07) is 6.12. The van der Waals surface area contributed by atoms with Gasteiger partial charge in [-0.05, 0) is 24.0 Å². The third kappa shape index (κ3) is 2.58. The summed E-state index contributed by atoms with van der Waals surface area (Å²) in [5, 5.41) is 2.72. The fraction of sp³-hybridized carbons (Fsp3) is 0.462. The lowest BCUT2D eigenvalue weighted by atomic mass is 9.96. The molecule has 82 valence electrons. The van der Waals surface area contributed by atoms with E-state index in [2.05, 4.69) is 19.2 Å². The smallest absolute Gasteiger partial charge is 0.251 e. The summed E-state index contributed by atoms with van der Waals surface area (Å²) >= 11 is 0. The van der Waals surface area contributed by atoms with Gasteiger partial charge in [-0.25, -0.2) is 0 Å². The fourth-order valence-corrected chi connectivity index (χ4v) is 1.84. The van der Waals surface area contributed by atoms with Crippen LogP contribution in [0, 0.1) is 0 Å². The van der Waals surface area contributed by atoms with E-state index in [4.69, 9.17) is 0 Å². The third-order valence-corrected chi connectivity index (χ3v) is 2.59. The standard InChI is InChI=1S/C13H19NO/c1-4-7-11-9-6-8-10(5-2)12(11)13(15)14-3/h6,8-9H,4-5,7H2,1-3H3,(H,14,15). The minimum Gasteiger partial charge on any atom is -0.355 e. The molecule has 2 heteroatoms. The highest BCUT2D eigenvalue weighted by molar-refractivity contribution is 5.97. The average molecular weight is 205 g/mol. The molecule has 0 spiro atoms. The first-order chi connectivity index (χ1) is 7.24. The van der Waals surface area contributed by atoms with Gasteiger partial charge in [-0.1, -0.05) is 38.5 Å². The van der Waals surface area contributed by atoms with Gasteiger partial charge in [0.15, 0.2) is 0 Å². The maximum atomic E-state index is 11.8. The molecule has 0 aliphatic rings. The van der Waals surface area contributed by atoms with Crippen molar-refractivity contribution in [1.82, 2.24) is 5.32 Å². The van der Waals surface area contributed by atoms with Crippen LogP contribution < -0.4 is 5.32 Å². The molecular weight excluding hydrogens is 186 g/mol. The van der Waals surface area contributed by atoms with E-state index < -0.39 is 0 Å². The molecule has 0 aromatic heterocycles. The molecule has 1 aromatic rings. The van der Waals surface area contributed by atoms with Crippen molar-refractivity contribution in [1.29, 1.82) is 0 Å². The number of benzene rings is 1. The molecule has 0 atom stereocenters. The van der Waals surface area contributed by atoms with Gasteiger partial charge < -0.3 is 5.32 Å². The first-order valence-electron chi connectivity index (χ1n) is 5.57. The first kappa shape index (κ1) is 11.8. The predicted octanol–water partition coefficient (Wildman–Crippen LogP) is 2.56. The minimum absolute atomic E-state index is 0.0379. The molecule has 0 saturated heterocycles. The summed E-state index contributed by atoms with van der Waals surface area (Å²) in [5.41, 5.74) is 3.18. The summed E-state index contributed by atoms with van der Waals surface area (Å²) in [7, 11) is 1.69. The number of aryl methyl sites for hydroxylation is 2. The molecule has 0 heterocycles. The van der Waals surface area contributed by atoms with Crippen LogP contribution in [0.5, 0.6) is 0 Å². The Bertz CT molecular complexity index is 344. The Morgan fingerprint density at radius 3 is 2.47 bits per heavy atom. The van der Waals surface area contributed by atoms with Crippen molar-refractivity contribution in [3.05, 3.63) is 34.9 Å². The molecule has 15 heavy (non-hydrogen) atoms. The van der Waals surface area contributed by atoms with Crippen molar-refractivity contribution in [2.75, 3.05) is 7.05 Å². The topological polar surface area (TPSA) is 29.1 Å². The maximum Gasteiger partial charge on any atom is 0.251 e. The van der Waals surface area contributed by atoms with Gasteiger partial charge in [0.2, 0.25) is 0 Å². The van der Waals surface area contributed by atoms with Crippen molar-refractivity contribution in [2.24, 2.45) is 0 Å². The molecule has 0 bridgehead atoms. The lowest BCUT2D eigenvalue weighted by Gasteiger charge is -2.11.